The lowest BCUT2D eigenvalue weighted by molar-refractivity contribution is 0.0955. The van der Waals surface area contributed by atoms with Crippen LogP contribution in [0.3, 0.4) is 0 Å². The number of amides is 1. The van der Waals surface area contributed by atoms with E-state index in [0.717, 1.165) is 5.56 Å². The first-order valence-electron chi connectivity index (χ1n) is 5.57. The number of thiophene rings is 1. The van der Waals surface area contributed by atoms with E-state index in [4.69, 9.17) is 0 Å². The lowest BCUT2D eigenvalue weighted by Crippen LogP contribution is -2.21. The van der Waals surface area contributed by atoms with Gasteiger partial charge in [0, 0.05) is 12.8 Å². The molecule has 0 unspecified atom stereocenters. The van der Waals surface area contributed by atoms with Crippen LogP contribution < -0.4 is 5.32 Å². The Morgan fingerprint density at radius 2 is 1.89 bits per heavy atom. The van der Waals surface area contributed by atoms with Crippen LogP contribution in [0.15, 0.2) is 46.7 Å². The smallest absolute Gasteiger partial charge is 0.261 e. The summed E-state index contributed by atoms with van der Waals surface area (Å²) in [5.41, 5.74) is 0.859. The van der Waals surface area contributed by atoms with Crippen LogP contribution in [0.25, 0.3) is 0 Å². The van der Waals surface area contributed by atoms with Gasteiger partial charge in [0.15, 0.2) is 9.84 Å². The maximum atomic E-state index is 11.7. The topological polar surface area (TPSA) is 63.2 Å². The molecule has 0 radical (unpaired) electrons. The van der Waals surface area contributed by atoms with Crippen LogP contribution in [-0.4, -0.2) is 20.6 Å². The average Bonchev–Trinajstić information content (AvgIpc) is 2.89. The highest BCUT2D eigenvalue weighted by atomic mass is 32.2. The Labute approximate surface area is 116 Å². The van der Waals surface area contributed by atoms with Gasteiger partial charge in [0.25, 0.3) is 5.91 Å². The predicted octanol–water partition coefficient (Wildman–Crippen LogP) is 2.08. The minimum absolute atomic E-state index is 0.123. The number of sulfone groups is 1. The van der Waals surface area contributed by atoms with Crippen molar-refractivity contribution < 1.29 is 13.2 Å². The molecule has 0 aliphatic rings. The maximum absolute atomic E-state index is 11.7. The molecule has 0 atom stereocenters. The number of hydrogen-bond donors (Lipinski definition) is 1. The monoisotopic (exact) mass is 295 g/mol. The SMILES string of the molecule is CS(=O)(=O)c1ccc(CNC(=O)c2cccs2)cc1. The second-order valence-electron chi connectivity index (χ2n) is 4.08. The van der Waals surface area contributed by atoms with E-state index >= 15 is 0 Å². The standard InChI is InChI=1S/C13H13NO3S2/c1-19(16,17)11-6-4-10(5-7-11)9-14-13(15)12-3-2-8-18-12/h2-8H,9H2,1H3,(H,14,15). The highest BCUT2D eigenvalue weighted by molar-refractivity contribution is 7.90. The van der Waals surface area contributed by atoms with E-state index in [0.29, 0.717) is 11.4 Å². The van der Waals surface area contributed by atoms with Gasteiger partial charge >= 0.3 is 0 Å². The van der Waals surface area contributed by atoms with E-state index < -0.39 is 9.84 Å². The zero-order chi connectivity index (χ0) is 13.9. The Kier molecular flexibility index (Phi) is 4.01. The third kappa shape index (κ3) is 3.65. The van der Waals surface area contributed by atoms with Crippen molar-refractivity contribution in [3.63, 3.8) is 0 Å². The molecule has 2 aromatic rings. The van der Waals surface area contributed by atoms with Crippen molar-refractivity contribution in [3.8, 4) is 0 Å². The van der Waals surface area contributed by atoms with Crippen LogP contribution in [0.5, 0.6) is 0 Å². The van der Waals surface area contributed by atoms with Crippen molar-refractivity contribution in [2.45, 2.75) is 11.4 Å². The molecule has 4 nitrogen and oxygen atoms in total. The first-order valence-corrected chi connectivity index (χ1v) is 8.34. The molecule has 0 fully saturated rings. The molecule has 19 heavy (non-hydrogen) atoms. The predicted molar refractivity (Wildman–Crippen MR) is 75.0 cm³/mol. The Morgan fingerprint density at radius 1 is 1.21 bits per heavy atom. The number of nitrogens with one attached hydrogen (secondary N) is 1. The van der Waals surface area contributed by atoms with Crippen LogP contribution in [0.2, 0.25) is 0 Å². The van der Waals surface area contributed by atoms with Crippen molar-refractivity contribution in [1.82, 2.24) is 5.32 Å². The summed E-state index contributed by atoms with van der Waals surface area (Å²) >= 11 is 1.38. The zero-order valence-electron chi connectivity index (χ0n) is 10.3. The fourth-order valence-electron chi connectivity index (χ4n) is 1.53. The number of carbonyl (C=O) groups excluding carboxylic acids is 1. The Hall–Kier alpha value is -1.66. The first kappa shape index (κ1) is 13.8. The van der Waals surface area contributed by atoms with Crippen molar-refractivity contribution in [2.75, 3.05) is 6.26 Å². The molecule has 1 amide bonds. The normalized spacial score (nSPS) is 11.2. The molecule has 0 bridgehead atoms. The van der Waals surface area contributed by atoms with Crippen molar-refractivity contribution in [1.29, 1.82) is 0 Å². The molecule has 1 heterocycles. The summed E-state index contributed by atoms with van der Waals surface area (Å²) in [6.07, 6.45) is 1.17. The minimum atomic E-state index is -3.17. The molecule has 1 aromatic heterocycles. The molecular weight excluding hydrogens is 282 g/mol. The van der Waals surface area contributed by atoms with Gasteiger partial charge in [-0.2, -0.15) is 0 Å². The number of benzene rings is 1. The second-order valence-corrected chi connectivity index (χ2v) is 7.04. The van der Waals surface area contributed by atoms with Crippen LogP contribution >= 0.6 is 11.3 Å². The number of carbonyl (C=O) groups is 1. The maximum Gasteiger partial charge on any atom is 0.261 e. The largest absolute Gasteiger partial charge is 0.347 e. The molecule has 1 aromatic carbocycles. The summed E-state index contributed by atoms with van der Waals surface area (Å²) in [5.74, 6) is -0.123. The Morgan fingerprint density at radius 3 is 2.42 bits per heavy atom. The molecule has 0 saturated carbocycles. The molecule has 1 N–H and O–H groups in total. The summed E-state index contributed by atoms with van der Waals surface area (Å²) in [6.45, 7) is 0.376. The molecule has 0 aliphatic heterocycles. The quantitative estimate of drug-likeness (QED) is 0.939. The number of hydrogen-bond acceptors (Lipinski definition) is 4. The van der Waals surface area contributed by atoms with Crippen molar-refractivity contribution >= 4 is 27.1 Å². The Bertz CT molecular complexity index is 658. The molecule has 6 heteroatoms. The van der Waals surface area contributed by atoms with Gasteiger partial charge < -0.3 is 5.32 Å². The van der Waals surface area contributed by atoms with E-state index in [-0.39, 0.29) is 10.8 Å². The van der Waals surface area contributed by atoms with Gasteiger partial charge in [-0.3, -0.25) is 4.79 Å². The molecular formula is C13H13NO3S2. The highest BCUT2D eigenvalue weighted by Gasteiger charge is 2.08. The second kappa shape index (κ2) is 5.54. The third-order valence-electron chi connectivity index (χ3n) is 2.55. The molecule has 100 valence electrons. The van der Waals surface area contributed by atoms with Gasteiger partial charge in [0.05, 0.1) is 9.77 Å². The summed E-state index contributed by atoms with van der Waals surface area (Å²) < 4.78 is 22.6. The minimum Gasteiger partial charge on any atom is -0.347 e. The summed E-state index contributed by atoms with van der Waals surface area (Å²) in [7, 11) is -3.17. The van der Waals surface area contributed by atoms with Crippen LogP contribution in [-0.2, 0) is 16.4 Å². The van der Waals surface area contributed by atoms with Crippen LogP contribution in [0.4, 0.5) is 0 Å². The van der Waals surface area contributed by atoms with Gasteiger partial charge in [-0.1, -0.05) is 18.2 Å². The third-order valence-corrected chi connectivity index (χ3v) is 4.55. The lowest BCUT2D eigenvalue weighted by atomic mass is 10.2. The van der Waals surface area contributed by atoms with E-state index in [1.165, 1.54) is 17.6 Å². The van der Waals surface area contributed by atoms with Crippen LogP contribution in [0.1, 0.15) is 15.2 Å². The van der Waals surface area contributed by atoms with Gasteiger partial charge in [-0.05, 0) is 29.1 Å². The van der Waals surface area contributed by atoms with E-state index in [9.17, 15) is 13.2 Å². The van der Waals surface area contributed by atoms with Gasteiger partial charge in [0.1, 0.15) is 0 Å². The summed E-state index contributed by atoms with van der Waals surface area (Å²) in [6, 6.07) is 10.1. The zero-order valence-corrected chi connectivity index (χ0v) is 11.9. The fraction of sp³-hybridized carbons (Fsp3) is 0.154. The Balaban J connectivity index is 1.99. The van der Waals surface area contributed by atoms with E-state index in [2.05, 4.69) is 5.32 Å². The van der Waals surface area contributed by atoms with Gasteiger partial charge in [-0.25, -0.2) is 8.42 Å². The lowest BCUT2D eigenvalue weighted by Gasteiger charge is -2.05. The van der Waals surface area contributed by atoms with E-state index in [1.54, 1.807) is 30.3 Å². The summed E-state index contributed by atoms with van der Waals surface area (Å²) in [4.78, 5) is 12.6. The van der Waals surface area contributed by atoms with Gasteiger partial charge in [-0.15, -0.1) is 11.3 Å². The van der Waals surface area contributed by atoms with Crippen LogP contribution in [0, 0.1) is 0 Å². The van der Waals surface area contributed by atoms with Crippen molar-refractivity contribution in [2.24, 2.45) is 0 Å². The van der Waals surface area contributed by atoms with Crippen molar-refractivity contribution in [3.05, 3.63) is 52.2 Å². The van der Waals surface area contributed by atoms with E-state index in [1.807, 2.05) is 11.4 Å². The molecule has 0 aliphatic carbocycles. The highest BCUT2D eigenvalue weighted by Crippen LogP contribution is 2.11. The first-order chi connectivity index (χ1) is 8.97. The molecule has 2 rings (SSSR count). The summed E-state index contributed by atoms with van der Waals surface area (Å²) in [5, 5.41) is 4.62. The fourth-order valence-corrected chi connectivity index (χ4v) is 2.80. The van der Waals surface area contributed by atoms with Gasteiger partial charge in [0.2, 0.25) is 0 Å². The molecule has 0 spiro atoms. The molecule has 0 saturated heterocycles. The average molecular weight is 295 g/mol. The number of rotatable bonds is 4.